The molecule has 0 heterocycles. The zero-order chi connectivity index (χ0) is 18.8. The first kappa shape index (κ1) is 19.1. The Hall–Kier alpha value is -3.28. The van der Waals surface area contributed by atoms with Crippen molar-refractivity contribution in [3.8, 4) is 0 Å². The number of benzene rings is 2. The van der Waals surface area contributed by atoms with Crippen molar-refractivity contribution in [2.75, 3.05) is 0 Å². The number of hydrazone groups is 2. The summed E-state index contributed by atoms with van der Waals surface area (Å²) in [6.45, 7) is 4.15. The maximum Gasteiger partial charge on any atom is 0.331 e. The number of rotatable bonds is 6. The van der Waals surface area contributed by atoms with Gasteiger partial charge >= 0.3 is 11.8 Å². The highest BCUT2D eigenvalue weighted by atomic mass is 16.2. The molecule has 0 atom stereocenters. The van der Waals surface area contributed by atoms with Crippen LogP contribution in [0.2, 0.25) is 0 Å². The van der Waals surface area contributed by atoms with Gasteiger partial charge < -0.3 is 0 Å². The van der Waals surface area contributed by atoms with E-state index in [4.69, 9.17) is 0 Å². The number of aryl methyl sites for hydroxylation is 2. The van der Waals surface area contributed by atoms with Gasteiger partial charge in [-0.3, -0.25) is 9.59 Å². The third-order valence-electron chi connectivity index (χ3n) is 3.74. The van der Waals surface area contributed by atoms with Gasteiger partial charge in [-0.2, -0.15) is 10.2 Å². The van der Waals surface area contributed by atoms with Crippen LogP contribution in [0.15, 0.2) is 58.7 Å². The predicted octanol–water partition coefficient (Wildman–Crippen LogP) is 2.41. The topological polar surface area (TPSA) is 82.9 Å². The van der Waals surface area contributed by atoms with E-state index in [1.165, 1.54) is 23.6 Å². The number of amides is 2. The van der Waals surface area contributed by atoms with E-state index in [1.807, 2.05) is 48.5 Å². The zero-order valence-corrected chi connectivity index (χ0v) is 14.9. The van der Waals surface area contributed by atoms with Gasteiger partial charge in [-0.05, 0) is 35.1 Å². The highest BCUT2D eigenvalue weighted by Gasteiger charge is 2.10. The number of hydrogen-bond acceptors (Lipinski definition) is 4. The second-order valence-corrected chi connectivity index (χ2v) is 5.59. The minimum atomic E-state index is -0.884. The molecule has 0 saturated carbocycles. The SMILES string of the molecule is CCc1ccc(/C=N\NC(=O)C(=O)N/N=C\c2ccc(CC)cc2)cc1. The van der Waals surface area contributed by atoms with Gasteiger partial charge in [0, 0.05) is 0 Å². The first-order valence-corrected chi connectivity index (χ1v) is 8.46. The Balaban J connectivity index is 1.79. The van der Waals surface area contributed by atoms with Crippen LogP contribution in [0.25, 0.3) is 0 Å². The van der Waals surface area contributed by atoms with Crippen molar-refractivity contribution in [2.24, 2.45) is 10.2 Å². The summed E-state index contributed by atoms with van der Waals surface area (Å²) in [5, 5.41) is 7.53. The molecule has 2 amide bonds. The van der Waals surface area contributed by atoms with Gasteiger partial charge in [0.25, 0.3) is 0 Å². The summed E-state index contributed by atoms with van der Waals surface area (Å²) in [5.41, 5.74) is 8.43. The molecule has 2 aromatic rings. The molecule has 0 spiro atoms. The van der Waals surface area contributed by atoms with Crippen LogP contribution in [0.5, 0.6) is 0 Å². The van der Waals surface area contributed by atoms with Crippen LogP contribution in [0.1, 0.15) is 36.1 Å². The summed E-state index contributed by atoms with van der Waals surface area (Å²) in [5.74, 6) is -1.77. The monoisotopic (exact) mass is 350 g/mol. The van der Waals surface area contributed by atoms with Crippen molar-refractivity contribution in [1.29, 1.82) is 0 Å². The van der Waals surface area contributed by atoms with Crippen LogP contribution in [-0.2, 0) is 22.4 Å². The lowest BCUT2D eigenvalue weighted by atomic mass is 10.1. The largest absolute Gasteiger partial charge is 0.331 e. The molecule has 0 radical (unpaired) electrons. The molecule has 0 saturated heterocycles. The molecule has 2 aromatic carbocycles. The van der Waals surface area contributed by atoms with E-state index in [0.29, 0.717) is 0 Å². The van der Waals surface area contributed by atoms with Gasteiger partial charge in [0.15, 0.2) is 0 Å². The van der Waals surface area contributed by atoms with E-state index in [0.717, 1.165) is 24.0 Å². The minimum Gasteiger partial charge on any atom is -0.262 e. The molecule has 0 unspecified atom stereocenters. The third-order valence-corrected chi connectivity index (χ3v) is 3.74. The van der Waals surface area contributed by atoms with Gasteiger partial charge in [-0.25, -0.2) is 10.9 Å². The number of nitrogens with zero attached hydrogens (tertiary/aromatic N) is 2. The average Bonchev–Trinajstić information content (AvgIpc) is 2.68. The van der Waals surface area contributed by atoms with Crippen molar-refractivity contribution in [3.63, 3.8) is 0 Å². The predicted molar refractivity (Wildman–Crippen MR) is 103 cm³/mol. The maximum absolute atomic E-state index is 11.6. The van der Waals surface area contributed by atoms with Gasteiger partial charge in [-0.15, -0.1) is 0 Å². The summed E-state index contributed by atoms with van der Waals surface area (Å²) in [6.07, 6.45) is 4.86. The van der Waals surface area contributed by atoms with E-state index in [2.05, 4.69) is 34.9 Å². The summed E-state index contributed by atoms with van der Waals surface area (Å²) < 4.78 is 0. The van der Waals surface area contributed by atoms with Crippen molar-refractivity contribution < 1.29 is 9.59 Å². The lowest BCUT2D eigenvalue weighted by molar-refractivity contribution is -0.139. The highest BCUT2D eigenvalue weighted by Crippen LogP contribution is 2.03. The van der Waals surface area contributed by atoms with Crippen LogP contribution in [0.4, 0.5) is 0 Å². The normalized spacial score (nSPS) is 11.0. The Morgan fingerprint density at radius 1 is 0.731 bits per heavy atom. The zero-order valence-electron chi connectivity index (χ0n) is 14.9. The second kappa shape index (κ2) is 9.88. The van der Waals surface area contributed by atoms with Crippen LogP contribution in [0.3, 0.4) is 0 Å². The third kappa shape index (κ3) is 5.98. The Bertz CT molecular complexity index is 724. The van der Waals surface area contributed by atoms with Crippen molar-refractivity contribution in [3.05, 3.63) is 70.8 Å². The van der Waals surface area contributed by atoms with E-state index in [-0.39, 0.29) is 0 Å². The lowest BCUT2D eigenvalue weighted by Crippen LogP contribution is -2.35. The van der Waals surface area contributed by atoms with E-state index in [1.54, 1.807) is 0 Å². The van der Waals surface area contributed by atoms with Crippen LogP contribution in [0, 0.1) is 0 Å². The summed E-state index contributed by atoms with van der Waals surface area (Å²) in [6, 6.07) is 15.5. The van der Waals surface area contributed by atoms with Crippen molar-refractivity contribution in [1.82, 2.24) is 10.9 Å². The van der Waals surface area contributed by atoms with Crippen LogP contribution >= 0.6 is 0 Å². The van der Waals surface area contributed by atoms with Crippen molar-refractivity contribution >= 4 is 24.2 Å². The fourth-order valence-corrected chi connectivity index (χ4v) is 2.11. The number of carbonyl (C=O) groups excluding carboxylic acids is 2. The van der Waals surface area contributed by atoms with Gasteiger partial charge in [0.05, 0.1) is 12.4 Å². The fraction of sp³-hybridized carbons (Fsp3) is 0.200. The molecule has 0 aromatic heterocycles. The molecule has 134 valence electrons. The molecule has 2 rings (SSSR count). The Morgan fingerprint density at radius 3 is 1.38 bits per heavy atom. The molecule has 0 fully saturated rings. The number of hydrogen-bond donors (Lipinski definition) is 2. The highest BCUT2D eigenvalue weighted by molar-refractivity contribution is 6.35. The molecular formula is C20H22N4O2. The molecule has 2 N–H and O–H groups in total. The smallest absolute Gasteiger partial charge is 0.262 e. The Morgan fingerprint density at radius 2 is 1.08 bits per heavy atom. The van der Waals surface area contributed by atoms with E-state index >= 15 is 0 Å². The summed E-state index contributed by atoms with van der Waals surface area (Å²) in [4.78, 5) is 23.3. The summed E-state index contributed by atoms with van der Waals surface area (Å²) >= 11 is 0. The molecule has 6 nitrogen and oxygen atoms in total. The Kier molecular flexibility index (Phi) is 7.24. The van der Waals surface area contributed by atoms with Gasteiger partial charge in [-0.1, -0.05) is 62.4 Å². The van der Waals surface area contributed by atoms with Crippen LogP contribution in [-0.4, -0.2) is 24.2 Å². The minimum absolute atomic E-state index is 0.830. The van der Waals surface area contributed by atoms with Gasteiger partial charge in [0.1, 0.15) is 0 Å². The summed E-state index contributed by atoms with van der Waals surface area (Å²) in [7, 11) is 0. The van der Waals surface area contributed by atoms with Crippen LogP contribution < -0.4 is 10.9 Å². The number of carbonyl (C=O) groups is 2. The lowest BCUT2D eigenvalue weighted by Gasteiger charge is -2.00. The standard InChI is InChI=1S/C20H22N4O2/c1-3-15-5-9-17(10-6-15)13-21-23-19(25)20(26)24-22-14-18-11-7-16(4-2)8-12-18/h5-14H,3-4H2,1-2H3,(H,23,25)(H,24,26)/b21-13-,22-14-. The second-order valence-electron chi connectivity index (χ2n) is 5.59. The first-order valence-electron chi connectivity index (χ1n) is 8.46. The van der Waals surface area contributed by atoms with E-state index < -0.39 is 11.8 Å². The first-order chi connectivity index (χ1) is 12.6. The van der Waals surface area contributed by atoms with E-state index in [9.17, 15) is 9.59 Å². The molecule has 26 heavy (non-hydrogen) atoms. The fourth-order valence-electron chi connectivity index (χ4n) is 2.11. The average molecular weight is 350 g/mol. The molecule has 0 aliphatic rings. The maximum atomic E-state index is 11.6. The molecule has 0 aliphatic carbocycles. The van der Waals surface area contributed by atoms with Gasteiger partial charge in [0.2, 0.25) is 0 Å². The Labute approximate surface area is 153 Å². The molecule has 0 bridgehead atoms. The number of nitrogens with one attached hydrogen (secondary N) is 2. The molecule has 6 heteroatoms. The molecule has 0 aliphatic heterocycles. The quantitative estimate of drug-likeness (QED) is 0.476. The molecular weight excluding hydrogens is 328 g/mol. The van der Waals surface area contributed by atoms with Crippen molar-refractivity contribution in [2.45, 2.75) is 26.7 Å².